The first-order valence-corrected chi connectivity index (χ1v) is 8.73. The fourth-order valence-corrected chi connectivity index (χ4v) is 5.37. The second kappa shape index (κ2) is 5.04. The van der Waals surface area contributed by atoms with Crippen LogP contribution < -0.4 is 4.90 Å². The fraction of sp³-hybridized carbons (Fsp3) is 0.333. The van der Waals surface area contributed by atoms with Gasteiger partial charge >= 0.3 is 0 Å². The molecule has 1 saturated heterocycles. The number of hydrogen-bond donors (Lipinski definition) is 0. The Morgan fingerprint density at radius 1 is 0.750 bits per heavy atom. The predicted molar refractivity (Wildman–Crippen MR) is 91.3 cm³/mol. The van der Waals surface area contributed by atoms with Crippen LogP contribution in [-0.2, 0) is 9.59 Å². The second-order valence-electron chi connectivity index (χ2n) is 7.31. The summed E-state index contributed by atoms with van der Waals surface area (Å²) >= 11 is 0. The highest BCUT2D eigenvalue weighted by Gasteiger charge is 2.64. The summed E-state index contributed by atoms with van der Waals surface area (Å²) in [5.41, 5.74) is 2.04. The van der Waals surface area contributed by atoms with Crippen molar-refractivity contribution in [1.29, 1.82) is 0 Å². The van der Waals surface area contributed by atoms with Gasteiger partial charge in [0.1, 0.15) is 0 Å². The lowest BCUT2D eigenvalue weighted by molar-refractivity contribution is -0.123. The van der Waals surface area contributed by atoms with Gasteiger partial charge in [0.25, 0.3) is 0 Å². The van der Waals surface area contributed by atoms with Crippen LogP contribution in [0.3, 0.4) is 0 Å². The zero-order chi connectivity index (χ0) is 16.3. The van der Waals surface area contributed by atoms with Gasteiger partial charge in [0, 0.05) is 0 Å². The third-order valence-corrected chi connectivity index (χ3v) is 6.26. The summed E-state index contributed by atoms with van der Waals surface area (Å²) in [5.74, 6) is 0.914. The minimum atomic E-state index is -0.123. The van der Waals surface area contributed by atoms with Crippen LogP contribution >= 0.6 is 0 Å². The molecule has 1 heterocycles. The smallest absolute Gasteiger partial charge is 0.237 e. The Morgan fingerprint density at radius 3 is 2.08 bits per heavy atom. The maximum absolute atomic E-state index is 13.1. The fourth-order valence-electron chi connectivity index (χ4n) is 5.37. The molecule has 2 aromatic carbocycles. The van der Waals surface area contributed by atoms with E-state index in [0.717, 1.165) is 18.5 Å². The van der Waals surface area contributed by atoms with E-state index in [1.54, 1.807) is 0 Å². The third-order valence-electron chi connectivity index (χ3n) is 6.26. The first-order chi connectivity index (χ1) is 11.8. The number of carbonyl (C=O) groups is 2. The molecular weight excluding hydrogens is 298 g/mol. The van der Waals surface area contributed by atoms with Gasteiger partial charge in [-0.1, -0.05) is 48.5 Å². The van der Waals surface area contributed by atoms with Gasteiger partial charge < -0.3 is 0 Å². The van der Waals surface area contributed by atoms with Crippen molar-refractivity contribution in [3.63, 3.8) is 0 Å². The van der Waals surface area contributed by atoms with E-state index in [4.69, 9.17) is 0 Å². The molecule has 0 unspecified atom stereocenters. The standard InChI is InChI=1S/C21H19NO2/c23-20-18-14-11-16(13-7-3-1-4-8-13)17(12-14)19(18)21(24)22(20)15-9-5-2-6-10-15/h1-10,14,16-19H,11-12H2/t14-,16-,17+,18+,19+/m0/s1. The van der Waals surface area contributed by atoms with Crippen LogP contribution in [0, 0.1) is 23.7 Å². The Balaban J connectivity index is 1.50. The summed E-state index contributed by atoms with van der Waals surface area (Å²) < 4.78 is 0. The van der Waals surface area contributed by atoms with Crippen molar-refractivity contribution in [2.24, 2.45) is 23.7 Å². The van der Waals surface area contributed by atoms with Crippen molar-refractivity contribution < 1.29 is 9.59 Å². The zero-order valence-electron chi connectivity index (χ0n) is 13.3. The molecular formula is C21H19NO2. The summed E-state index contributed by atoms with van der Waals surface area (Å²) in [6.07, 6.45) is 2.06. The average molecular weight is 317 g/mol. The van der Waals surface area contributed by atoms with Crippen molar-refractivity contribution >= 4 is 17.5 Å². The molecule has 3 aliphatic rings. The maximum atomic E-state index is 13.1. The van der Waals surface area contributed by atoms with E-state index in [1.165, 1.54) is 10.5 Å². The predicted octanol–water partition coefficient (Wildman–Crippen LogP) is 3.62. The molecule has 2 saturated carbocycles. The molecule has 5 atom stereocenters. The SMILES string of the molecule is O=C1[C@@H]2[C@@H]3C[C@@H]([C@H]2C(=O)N1c1ccccc1)[C@H](c1ccccc1)C3. The van der Waals surface area contributed by atoms with Crippen LogP contribution in [0.1, 0.15) is 24.3 Å². The molecule has 3 heteroatoms. The minimum Gasteiger partial charge on any atom is -0.274 e. The Bertz CT molecular complexity index is 801. The molecule has 0 N–H and O–H groups in total. The number of fused-ring (bicyclic) bond motifs is 5. The number of imide groups is 1. The Kier molecular flexibility index (Phi) is 2.93. The minimum absolute atomic E-state index is 0.0179. The van der Waals surface area contributed by atoms with Crippen LogP contribution in [0.4, 0.5) is 5.69 Å². The number of rotatable bonds is 2. The number of carbonyl (C=O) groups excluding carboxylic acids is 2. The largest absolute Gasteiger partial charge is 0.274 e. The highest BCUT2D eigenvalue weighted by molar-refractivity contribution is 6.22. The number of nitrogens with zero attached hydrogens (tertiary/aromatic N) is 1. The third kappa shape index (κ3) is 1.78. The molecule has 1 aliphatic heterocycles. The molecule has 0 aromatic heterocycles. The molecule has 24 heavy (non-hydrogen) atoms. The summed E-state index contributed by atoms with van der Waals surface area (Å²) in [7, 11) is 0. The number of benzene rings is 2. The summed E-state index contributed by atoms with van der Waals surface area (Å²) in [6, 6.07) is 19.9. The molecule has 3 fully saturated rings. The van der Waals surface area contributed by atoms with E-state index >= 15 is 0 Å². The van der Waals surface area contributed by atoms with Crippen LogP contribution in [0.25, 0.3) is 0 Å². The highest BCUT2D eigenvalue weighted by Crippen LogP contribution is 2.61. The van der Waals surface area contributed by atoms with E-state index in [0.29, 0.717) is 17.8 Å². The zero-order valence-corrected chi connectivity index (χ0v) is 13.3. The summed E-state index contributed by atoms with van der Waals surface area (Å²) in [4.78, 5) is 27.5. The van der Waals surface area contributed by atoms with Crippen LogP contribution in [0.5, 0.6) is 0 Å². The second-order valence-corrected chi connectivity index (χ2v) is 7.31. The Labute approximate surface area is 141 Å². The lowest BCUT2D eigenvalue weighted by Crippen LogP contribution is -2.32. The maximum Gasteiger partial charge on any atom is 0.237 e. The summed E-state index contributed by atoms with van der Waals surface area (Å²) in [6.45, 7) is 0. The molecule has 120 valence electrons. The van der Waals surface area contributed by atoms with Crippen molar-refractivity contribution in [2.45, 2.75) is 18.8 Å². The van der Waals surface area contributed by atoms with Gasteiger partial charge in [0.2, 0.25) is 11.8 Å². The monoisotopic (exact) mass is 317 g/mol. The first kappa shape index (κ1) is 14.0. The molecule has 2 amide bonds. The normalized spacial score (nSPS) is 34.0. The van der Waals surface area contributed by atoms with E-state index in [2.05, 4.69) is 24.3 Å². The number of hydrogen-bond acceptors (Lipinski definition) is 2. The topological polar surface area (TPSA) is 37.4 Å². The molecule has 0 spiro atoms. The van der Waals surface area contributed by atoms with Crippen molar-refractivity contribution in [1.82, 2.24) is 0 Å². The molecule has 5 rings (SSSR count). The van der Waals surface area contributed by atoms with Gasteiger partial charge in [-0.2, -0.15) is 0 Å². The van der Waals surface area contributed by atoms with Crippen molar-refractivity contribution in [2.75, 3.05) is 4.90 Å². The van der Waals surface area contributed by atoms with Crippen molar-refractivity contribution in [3.05, 3.63) is 66.2 Å². The molecule has 2 aromatic rings. The molecule has 3 nitrogen and oxygen atoms in total. The van der Waals surface area contributed by atoms with Gasteiger partial charge in [0.05, 0.1) is 17.5 Å². The van der Waals surface area contributed by atoms with Gasteiger partial charge in [-0.05, 0) is 48.3 Å². The van der Waals surface area contributed by atoms with E-state index in [-0.39, 0.29) is 23.7 Å². The van der Waals surface area contributed by atoms with Gasteiger partial charge in [0.15, 0.2) is 0 Å². The van der Waals surface area contributed by atoms with Crippen molar-refractivity contribution in [3.8, 4) is 0 Å². The Morgan fingerprint density at radius 2 is 1.38 bits per heavy atom. The van der Waals surface area contributed by atoms with E-state index in [1.807, 2.05) is 36.4 Å². The molecule has 2 aliphatic carbocycles. The summed E-state index contributed by atoms with van der Waals surface area (Å²) in [5, 5.41) is 0. The lowest BCUT2D eigenvalue weighted by Gasteiger charge is -2.28. The number of anilines is 1. The van der Waals surface area contributed by atoms with Gasteiger partial charge in [-0.25, -0.2) is 0 Å². The number of amides is 2. The highest BCUT2D eigenvalue weighted by atomic mass is 16.2. The average Bonchev–Trinajstić information content (AvgIpc) is 3.28. The van der Waals surface area contributed by atoms with E-state index in [9.17, 15) is 9.59 Å². The van der Waals surface area contributed by atoms with E-state index < -0.39 is 0 Å². The first-order valence-electron chi connectivity index (χ1n) is 8.73. The molecule has 0 radical (unpaired) electrons. The molecule has 2 bridgehead atoms. The Hall–Kier alpha value is -2.42. The van der Waals surface area contributed by atoms with Crippen LogP contribution in [-0.4, -0.2) is 11.8 Å². The van der Waals surface area contributed by atoms with Crippen LogP contribution in [0.2, 0.25) is 0 Å². The van der Waals surface area contributed by atoms with Crippen LogP contribution in [0.15, 0.2) is 60.7 Å². The quantitative estimate of drug-likeness (QED) is 0.793. The number of para-hydroxylation sites is 1. The lowest BCUT2D eigenvalue weighted by atomic mass is 9.73. The van der Waals surface area contributed by atoms with Gasteiger partial charge in [-0.3, -0.25) is 14.5 Å². The van der Waals surface area contributed by atoms with Gasteiger partial charge in [-0.15, -0.1) is 0 Å².